The fraction of sp³-hybridized carbons (Fsp3) is 0. The molecule has 0 amide bonds. The van der Waals surface area contributed by atoms with Crippen molar-refractivity contribution in [2.45, 2.75) is 0 Å². The van der Waals surface area contributed by atoms with Crippen molar-refractivity contribution >= 4 is 87.0 Å². The number of fused-ring (bicyclic) bond motifs is 14. The first-order valence-corrected chi connectivity index (χ1v) is 20.4. The monoisotopic (exact) mass is 749 g/mol. The van der Waals surface area contributed by atoms with E-state index < -0.39 is 0 Å². The summed E-state index contributed by atoms with van der Waals surface area (Å²) < 4.78 is 7.30. The lowest BCUT2D eigenvalue weighted by Gasteiger charge is -2.14. The van der Waals surface area contributed by atoms with E-state index in [0.717, 1.165) is 11.4 Å². The molecule has 0 aliphatic rings. The molecule has 3 aromatic heterocycles. The predicted octanol–water partition coefficient (Wildman–Crippen LogP) is 15.0. The predicted molar refractivity (Wildman–Crippen MR) is 250 cm³/mol. The lowest BCUT2D eigenvalue weighted by molar-refractivity contribution is 1.14. The summed E-state index contributed by atoms with van der Waals surface area (Å²) in [6.45, 7) is 0. The zero-order chi connectivity index (χ0) is 38.6. The van der Waals surface area contributed by atoms with Gasteiger partial charge in [-0.15, -0.1) is 0 Å². The smallest absolute Gasteiger partial charge is 0.0625 e. The first-order chi connectivity index (χ1) is 29.3. The first kappa shape index (κ1) is 32.2. The summed E-state index contributed by atoms with van der Waals surface area (Å²) in [6, 6.07) is 77.9. The van der Waals surface area contributed by atoms with Crippen LogP contribution >= 0.6 is 0 Å². The summed E-state index contributed by atoms with van der Waals surface area (Å²) >= 11 is 0. The molecular weight excluding hydrogens is 715 g/mol. The van der Waals surface area contributed by atoms with E-state index in [2.05, 4.69) is 226 Å². The third-order valence-corrected chi connectivity index (χ3v) is 12.6. The zero-order valence-electron chi connectivity index (χ0n) is 32.0. The van der Waals surface area contributed by atoms with Crippen LogP contribution < -0.4 is 0 Å². The van der Waals surface area contributed by atoms with Gasteiger partial charge in [0.2, 0.25) is 0 Å². The zero-order valence-corrected chi connectivity index (χ0v) is 32.0. The molecule has 10 aromatic carbocycles. The van der Waals surface area contributed by atoms with Crippen molar-refractivity contribution in [3.63, 3.8) is 0 Å². The molecule has 13 rings (SSSR count). The second-order valence-electron chi connectivity index (χ2n) is 15.7. The van der Waals surface area contributed by atoms with Gasteiger partial charge in [0.25, 0.3) is 0 Å². The Morgan fingerprint density at radius 1 is 0.220 bits per heavy atom. The Balaban J connectivity index is 1.01. The summed E-state index contributed by atoms with van der Waals surface area (Å²) in [7, 11) is 0. The normalized spacial score (nSPS) is 12.1. The SMILES string of the molecule is c1ccc(-n2c3ccccc3c3cc(-c4ccc5c(c4)c4ccccc4n5-c4cccc(-n5c6ccccc6c6c7ccccc7c7ccccc7c65)c4)ccc32)cc1. The first-order valence-electron chi connectivity index (χ1n) is 20.4. The van der Waals surface area contributed by atoms with Crippen molar-refractivity contribution in [3.05, 3.63) is 212 Å². The second-order valence-corrected chi connectivity index (χ2v) is 15.7. The van der Waals surface area contributed by atoms with Gasteiger partial charge in [0.05, 0.1) is 33.1 Å². The Morgan fingerprint density at radius 3 is 1.24 bits per heavy atom. The van der Waals surface area contributed by atoms with Crippen LogP contribution in [-0.2, 0) is 0 Å². The number of hydrogen-bond donors (Lipinski definition) is 0. The average molecular weight is 750 g/mol. The largest absolute Gasteiger partial charge is 0.309 e. The van der Waals surface area contributed by atoms with Crippen molar-refractivity contribution in [1.29, 1.82) is 0 Å². The molecule has 3 nitrogen and oxygen atoms in total. The minimum atomic E-state index is 1.13. The van der Waals surface area contributed by atoms with Gasteiger partial charge in [-0.25, -0.2) is 0 Å². The van der Waals surface area contributed by atoms with Crippen LogP contribution in [0.2, 0.25) is 0 Å². The summed E-state index contributed by atoms with van der Waals surface area (Å²) in [5.41, 5.74) is 13.1. The molecule has 0 saturated carbocycles. The minimum absolute atomic E-state index is 1.13. The summed E-state index contributed by atoms with van der Waals surface area (Å²) in [5, 5.41) is 12.7. The highest BCUT2D eigenvalue weighted by Crippen LogP contribution is 2.43. The van der Waals surface area contributed by atoms with E-state index in [-0.39, 0.29) is 0 Å². The highest BCUT2D eigenvalue weighted by Gasteiger charge is 2.20. The Hall–Kier alpha value is -7.88. The number of para-hydroxylation sites is 4. The molecular formula is C56H35N3. The summed E-state index contributed by atoms with van der Waals surface area (Å²) in [5.74, 6) is 0. The molecule has 274 valence electrons. The quantitative estimate of drug-likeness (QED) is 0.159. The lowest BCUT2D eigenvalue weighted by atomic mass is 9.97. The molecule has 13 aromatic rings. The van der Waals surface area contributed by atoms with Crippen LogP contribution in [0.1, 0.15) is 0 Å². The molecule has 0 aliphatic heterocycles. The molecule has 0 unspecified atom stereocenters. The summed E-state index contributed by atoms with van der Waals surface area (Å²) in [4.78, 5) is 0. The van der Waals surface area contributed by atoms with Gasteiger partial charge in [0, 0.05) is 54.8 Å². The Bertz CT molecular complexity index is 3840. The summed E-state index contributed by atoms with van der Waals surface area (Å²) in [6.07, 6.45) is 0. The minimum Gasteiger partial charge on any atom is -0.309 e. The fourth-order valence-corrected chi connectivity index (χ4v) is 10.1. The molecule has 3 heteroatoms. The maximum atomic E-state index is 2.49. The van der Waals surface area contributed by atoms with Gasteiger partial charge in [-0.2, -0.15) is 0 Å². The van der Waals surface area contributed by atoms with Crippen molar-refractivity contribution < 1.29 is 0 Å². The van der Waals surface area contributed by atoms with Crippen LogP contribution in [0.3, 0.4) is 0 Å². The highest BCUT2D eigenvalue weighted by atomic mass is 15.0. The van der Waals surface area contributed by atoms with Gasteiger partial charge >= 0.3 is 0 Å². The van der Waals surface area contributed by atoms with E-state index in [1.54, 1.807) is 0 Å². The van der Waals surface area contributed by atoms with Crippen molar-refractivity contribution in [2.75, 3.05) is 0 Å². The molecule has 0 bridgehead atoms. The molecule has 0 N–H and O–H groups in total. The van der Waals surface area contributed by atoms with E-state index in [9.17, 15) is 0 Å². The number of rotatable bonds is 4. The number of benzene rings is 10. The number of aromatic nitrogens is 3. The molecule has 0 aliphatic carbocycles. The van der Waals surface area contributed by atoms with Crippen molar-refractivity contribution in [1.82, 2.24) is 13.7 Å². The Labute approximate surface area is 339 Å². The highest BCUT2D eigenvalue weighted by molar-refractivity contribution is 6.32. The number of nitrogens with zero attached hydrogens (tertiary/aromatic N) is 3. The maximum Gasteiger partial charge on any atom is 0.0625 e. The third-order valence-electron chi connectivity index (χ3n) is 12.6. The second kappa shape index (κ2) is 12.3. The van der Waals surface area contributed by atoms with Gasteiger partial charge in [-0.1, -0.05) is 140 Å². The van der Waals surface area contributed by atoms with E-state index in [1.807, 2.05) is 0 Å². The molecule has 0 fully saturated rings. The maximum absolute atomic E-state index is 2.49. The van der Waals surface area contributed by atoms with Gasteiger partial charge in [0.1, 0.15) is 0 Å². The fourth-order valence-electron chi connectivity index (χ4n) is 10.1. The molecule has 3 heterocycles. The van der Waals surface area contributed by atoms with E-state index in [1.165, 1.54) is 104 Å². The van der Waals surface area contributed by atoms with Crippen LogP contribution in [0.5, 0.6) is 0 Å². The standard InChI is InChI=1S/C56H35N3/c1-2-15-38(16-3-1)57-50-26-11-8-21-43(50)48-33-36(29-31-53(48)57)37-30-32-54-49(34-37)44-22-9-12-27-51(44)58(54)39-17-14-18-40(35-39)59-52-28-13-10-25-47(52)55-45-23-6-4-19-41(45)42-20-5-7-24-46(42)56(55)59/h1-35H. The van der Waals surface area contributed by atoms with E-state index >= 15 is 0 Å². The molecule has 0 radical (unpaired) electrons. The lowest BCUT2D eigenvalue weighted by Crippen LogP contribution is -1.99. The van der Waals surface area contributed by atoms with Crippen LogP contribution in [0, 0.1) is 0 Å². The molecule has 0 atom stereocenters. The van der Waals surface area contributed by atoms with Gasteiger partial charge in [-0.05, 0) is 100 Å². The molecule has 59 heavy (non-hydrogen) atoms. The Kier molecular flexibility index (Phi) is 6.72. The number of hydrogen-bond acceptors (Lipinski definition) is 0. The third kappa shape index (κ3) is 4.58. The van der Waals surface area contributed by atoms with E-state index in [0.29, 0.717) is 0 Å². The van der Waals surface area contributed by atoms with E-state index in [4.69, 9.17) is 0 Å². The average Bonchev–Trinajstić information content (AvgIpc) is 3.95. The van der Waals surface area contributed by atoms with Crippen LogP contribution in [-0.4, -0.2) is 13.7 Å². The van der Waals surface area contributed by atoms with Crippen molar-refractivity contribution in [2.24, 2.45) is 0 Å². The van der Waals surface area contributed by atoms with Crippen LogP contribution in [0.4, 0.5) is 0 Å². The topological polar surface area (TPSA) is 14.8 Å². The van der Waals surface area contributed by atoms with Crippen molar-refractivity contribution in [3.8, 4) is 28.2 Å². The molecule has 0 spiro atoms. The van der Waals surface area contributed by atoms with Gasteiger partial charge in [-0.3, -0.25) is 0 Å². The van der Waals surface area contributed by atoms with Gasteiger partial charge in [0.15, 0.2) is 0 Å². The molecule has 0 saturated heterocycles. The van der Waals surface area contributed by atoms with Crippen LogP contribution in [0.25, 0.3) is 115 Å². The van der Waals surface area contributed by atoms with Gasteiger partial charge < -0.3 is 13.7 Å². The Morgan fingerprint density at radius 2 is 0.627 bits per heavy atom. The van der Waals surface area contributed by atoms with Crippen LogP contribution in [0.15, 0.2) is 212 Å².